The lowest BCUT2D eigenvalue weighted by Gasteiger charge is -1.93. The maximum absolute atomic E-state index is 10.7. The molecule has 3 aromatic rings. The number of aromatic nitrogens is 1. The number of carboxylic acid groups (broad SMARTS) is 1. The topological polar surface area (TPSA) is 53.1 Å². The molecule has 1 heterocycles. The van der Waals surface area contributed by atoms with E-state index in [2.05, 4.69) is 23.7 Å². The molecular formula is C20H17NO2. The monoisotopic (exact) mass is 303 g/mol. The number of aliphatic carboxylic acids is 1. The van der Waals surface area contributed by atoms with Crippen molar-refractivity contribution in [3.05, 3.63) is 70.9 Å². The minimum Gasteiger partial charge on any atom is -0.481 e. The molecule has 23 heavy (non-hydrogen) atoms. The van der Waals surface area contributed by atoms with Gasteiger partial charge in [0, 0.05) is 27.7 Å². The van der Waals surface area contributed by atoms with Crippen molar-refractivity contribution in [1.29, 1.82) is 0 Å². The third-order valence-corrected chi connectivity index (χ3v) is 3.69. The van der Waals surface area contributed by atoms with Crippen molar-refractivity contribution < 1.29 is 9.90 Å². The van der Waals surface area contributed by atoms with E-state index in [9.17, 15) is 4.79 Å². The number of rotatable bonds is 3. The quantitative estimate of drug-likeness (QED) is 0.721. The molecule has 0 atom stereocenters. The van der Waals surface area contributed by atoms with Crippen LogP contribution in [0.25, 0.3) is 10.9 Å². The van der Waals surface area contributed by atoms with E-state index in [4.69, 9.17) is 5.11 Å². The summed E-state index contributed by atoms with van der Waals surface area (Å²) in [4.78, 5) is 13.9. The van der Waals surface area contributed by atoms with E-state index in [1.807, 2.05) is 48.5 Å². The lowest BCUT2D eigenvalue weighted by atomic mass is 10.1. The summed E-state index contributed by atoms with van der Waals surface area (Å²) in [5.74, 6) is 5.55. The second-order valence-electron chi connectivity index (χ2n) is 5.61. The van der Waals surface area contributed by atoms with Gasteiger partial charge >= 0.3 is 5.97 Å². The van der Waals surface area contributed by atoms with Crippen LogP contribution in [0.3, 0.4) is 0 Å². The molecule has 2 aromatic carbocycles. The number of aryl methyl sites for hydroxylation is 2. The Hall–Kier alpha value is -2.99. The molecule has 3 rings (SSSR count). The standard InChI is InChI=1S/C20H17NO2/c1-14-2-4-15(5-3-14)6-7-16-8-10-19-17(12-16)13-18(21-19)9-11-20(22)23/h2-5,8,10,12-13,21H,9,11H2,1H3,(H,22,23). The lowest BCUT2D eigenvalue weighted by molar-refractivity contribution is -0.136. The molecule has 0 fully saturated rings. The average Bonchev–Trinajstić information content (AvgIpc) is 2.94. The molecule has 114 valence electrons. The summed E-state index contributed by atoms with van der Waals surface area (Å²) >= 11 is 0. The molecule has 0 saturated heterocycles. The highest BCUT2D eigenvalue weighted by Crippen LogP contribution is 2.18. The molecule has 0 radical (unpaired) electrons. The van der Waals surface area contributed by atoms with Gasteiger partial charge in [0.2, 0.25) is 0 Å². The number of nitrogens with one attached hydrogen (secondary N) is 1. The number of hydrogen-bond acceptors (Lipinski definition) is 1. The summed E-state index contributed by atoms with van der Waals surface area (Å²) in [5.41, 5.74) is 5.10. The molecule has 0 unspecified atom stereocenters. The van der Waals surface area contributed by atoms with E-state index in [0.29, 0.717) is 6.42 Å². The third-order valence-electron chi connectivity index (χ3n) is 3.69. The van der Waals surface area contributed by atoms with Gasteiger partial charge in [0.1, 0.15) is 0 Å². The van der Waals surface area contributed by atoms with Gasteiger partial charge in [-0.1, -0.05) is 29.5 Å². The number of carboxylic acids is 1. The molecule has 0 spiro atoms. The highest BCUT2D eigenvalue weighted by Gasteiger charge is 2.04. The van der Waals surface area contributed by atoms with Crippen LogP contribution in [0.4, 0.5) is 0 Å². The van der Waals surface area contributed by atoms with Gasteiger partial charge in [-0.2, -0.15) is 0 Å². The van der Waals surface area contributed by atoms with Crippen LogP contribution in [0, 0.1) is 18.8 Å². The predicted octanol–water partition coefficient (Wildman–Crippen LogP) is 3.89. The molecule has 0 aliphatic heterocycles. The fourth-order valence-electron chi connectivity index (χ4n) is 2.43. The second kappa shape index (κ2) is 6.41. The van der Waals surface area contributed by atoms with Crippen molar-refractivity contribution in [1.82, 2.24) is 4.98 Å². The van der Waals surface area contributed by atoms with Gasteiger partial charge < -0.3 is 10.1 Å². The smallest absolute Gasteiger partial charge is 0.303 e. The van der Waals surface area contributed by atoms with Gasteiger partial charge in [-0.05, 0) is 49.7 Å². The number of aromatic amines is 1. The Morgan fingerprint density at radius 2 is 1.74 bits per heavy atom. The third kappa shape index (κ3) is 3.81. The molecular weight excluding hydrogens is 286 g/mol. The van der Waals surface area contributed by atoms with E-state index in [-0.39, 0.29) is 6.42 Å². The molecule has 0 aliphatic rings. The Labute approximate surface area is 135 Å². The molecule has 2 N–H and O–H groups in total. The summed E-state index contributed by atoms with van der Waals surface area (Å²) in [6.07, 6.45) is 0.640. The molecule has 0 bridgehead atoms. The zero-order valence-corrected chi connectivity index (χ0v) is 12.9. The van der Waals surface area contributed by atoms with E-state index >= 15 is 0 Å². The fourth-order valence-corrected chi connectivity index (χ4v) is 2.43. The molecule has 0 saturated carbocycles. The van der Waals surface area contributed by atoms with E-state index in [0.717, 1.165) is 27.7 Å². The van der Waals surface area contributed by atoms with Gasteiger partial charge in [-0.3, -0.25) is 4.79 Å². The summed E-state index contributed by atoms with van der Waals surface area (Å²) < 4.78 is 0. The van der Waals surface area contributed by atoms with Crippen molar-refractivity contribution in [3.8, 4) is 11.8 Å². The SMILES string of the molecule is Cc1ccc(C#Cc2ccc3[nH]c(CCC(=O)O)cc3c2)cc1. The highest BCUT2D eigenvalue weighted by atomic mass is 16.4. The highest BCUT2D eigenvalue weighted by molar-refractivity contribution is 5.82. The van der Waals surface area contributed by atoms with Crippen LogP contribution in [-0.2, 0) is 11.2 Å². The minimum absolute atomic E-state index is 0.132. The van der Waals surface area contributed by atoms with Crippen LogP contribution in [0.2, 0.25) is 0 Å². The molecule has 3 heteroatoms. The van der Waals surface area contributed by atoms with Gasteiger partial charge in [0.15, 0.2) is 0 Å². The molecule has 3 nitrogen and oxygen atoms in total. The van der Waals surface area contributed by atoms with Crippen LogP contribution in [0.5, 0.6) is 0 Å². The Morgan fingerprint density at radius 1 is 1.04 bits per heavy atom. The Morgan fingerprint density at radius 3 is 2.48 bits per heavy atom. The molecule has 1 aromatic heterocycles. The van der Waals surface area contributed by atoms with Gasteiger partial charge in [0.05, 0.1) is 6.42 Å². The fraction of sp³-hybridized carbons (Fsp3) is 0.150. The van der Waals surface area contributed by atoms with Crippen molar-refractivity contribution in [2.24, 2.45) is 0 Å². The van der Waals surface area contributed by atoms with Crippen molar-refractivity contribution in [2.75, 3.05) is 0 Å². The number of benzene rings is 2. The summed E-state index contributed by atoms with van der Waals surface area (Å²) in [6.45, 7) is 2.05. The number of H-pyrrole nitrogens is 1. The van der Waals surface area contributed by atoms with Crippen molar-refractivity contribution in [3.63, 3.8) is 0 Å². The van der Waals surface area contributed by atoms with Crippen LogP contribution < -0.4 is 0 Å². The first kappa shape index (κ1) is 14.9. The number of hydrogen-bond donors (Lipinski definition) is 2. The van der Waals surface area contributed by atoms with Crippen LogP contribution in [-0.4, -0.2) is 16.1 Å². The first-order chi connectivity index (χ1) is 11.1. The summed E-state index contributed by atoms with van der Waals surface area (Å²) in [5, 5.41) is 9.81. The van der Waals surface area contributed by atoms with Crippen LogP contribution in [0.1, 0.15) is 28.8 Å². The zero-order valence-electron chi connectivity index (χ0n) is 12.9. The molecule has 0 amide bonds. The first-order valence-electron chi connectivity index (χ1n) is 7.52. The van der Waals surface area contributed by atoms with Gasteiger partial charge in [-0.25, -0.2) is 0 Å². The Kier molecular flexibility index (Phi) is 4.16. The van der Waals surface area contributed by atoms with E-state index in [1.165, 1.54) is 5.56 Å². The maximum atomic E-state index is 10.7. The van der Waals surface area contributed by atoms with E-state index in [1.54, 1.807) is 0 Å². The second-order valence-corrected chi connectivity index (χ2v) is 5.61. The summed E-state index contributed by atoms with van der Waals surface area (Å²) in [7, 11) is 0. The Balaban J connectivity index is 1.82. The predicted molar refractivity (Wildman–Crippen MR) is 91.4 cm³/mol. The summed E-state index contributed by atoms with van der Waals surface area (Å²) in [6, 6.07) is 16.1. The van der Waals surface area contributed by atoms with Crippen molar-refractivity contribution >= 4 is 16.9 Å². The average molecular weight is 303 g/mol. The normalized spacial score (nSPS) is 10.3. The zero-order chi connectivity index (χ0) is 16.2. The van der Waals surface area contributed by atoms with Gasteiger partial charge in [-0.15, -0.1) is 0 Å². The number of fused-ring (bicyclic) bond motifs is 1. The van der Waals surface area contributed by atoms with Crippen molar-refractivity contribution in [2.45, 2.75) is 19.8 Å². The first-order valence-corrected chi connectivity index (χ1v) is 7.52. The largest absolute Gasteiger partial charge is 0.481 e. The maximum Gasteiger partial charge on any atom is 0.303 e. The van der Waals surface area contributed by atoms with Crippen LogP contribution >= 0.6 is 0 Å². The lowest BCUT2D eigenvalue weighted by Crippen LogP contribution is -1.97. The minimum atomic E-state index is -0.784. The van der Waals surface area contributed by atoms with E-state index < -0.39 is 5.97 Å². The molecule has 0 aliphatic carbocycles. The van der Waals surface area contributed by atoms with Gasteiger partial charge in [0.25, 0.3) is 0 Å². The van der Waals surface area contributed by atoms with Crippen LogP contribution in [0.15, 0.2) is 48.5 Å². The number of carbonyl (C=O) groups is 1. The Bertz CT molecular complexity index is 908.